The number of ether oxygens (including phenoxy) is 3. The van der Waals surface area contributed by atoms with E-state index in [0.717, 1.165) is 14.0 Å². The molecule has 0 unspecified atom stereocenters. The fraction of sp³-hybridized carbons (Fsp3) is 0.391. The maximum atomic E-state index is 12.8. The molecule has 0 saturated heterocycles. The lowest BCUT2D eigenvalue weighted by molar-refractivity contribution is 0.0430. The first-order valence-corrected chi connectivity index (χ1v) is 11.1. The van der Waals surface area contributed by atoms with Crippen LogP contribution in [0.3, 0.4) is 0 Å². The number of imide groups is 1. The second kappa shape index (κ2) is 10.1. The third kappa shape index (κ3) is 8.22. The molecule has 2 rings (SSSR count). The third-order valence-electron chi connectivity index (χ3n) is 3.61. The van der Waals surface area contributed by atoms with Gasteiger partial charge >= 0.3 is 12.2 Å². The highest BCUT2D eigenvalue weighted by Gasteiger charge is 2.33. The van der Waals surface area contributed by atoms with Crippen molar-refractivity contribution < 1.29 is 23.8 Å². The molecule has 0 saturated carbocycles. The molecule has 0 aromatic heterocycles. The first kappa shape index (κ1) is 25.3. The number of halogens is 2. The molecule has 6 nitrogen and oxygen atoms in total. The van der Waals surface area contributed by atoms with Gasteiger partial charge in [0.1, 0.15) is 23.6 Å². The number of benzene rings is 2. The van der Waals surface area contributed by atoms with Crippen LogP contribution in [0.15, 0.2) is 42.5 Å². The molecule has 0 aliphatic carbocycles. The molecule has 0 aliphatic heterocycles. The molecular formula is C23H27ClINO5. The monoisotopic (exact) mass is 559 g/mol. The van der Waals surface area contributed by atoms with E-state index in [1.807, 2.05) is 24.3 Å². The summed E-state index contributed by atoms with van der Waals surface area (Å²) in [6.07, 6.45) is -1.71. The number of rotatable bonds is 4. The zero-order chi connectivity index (χ0) is 23.4. The van der Waals surface area contributed by atoms with Crippen molar-refractivity contribution in [3.05, 3.63) is 56.6 Å². The largest absolute Gasteiger partial charge is 0.487 e. The second-order valence-electron chi connectivity index (χ2n) is 8.83. The van der Waals surface area contributed by atoms with Gasteiger partial charge in [-0.25, -0.2) is 9.59 Å². The summed E-state index contributed by atoms with van der Waals surface area (Å²) in [5.74, 6) is 0.428. The molecule has 0 radical (unpaired) electrons. The van der Waals surface area contributed by atoms with Crippen molar-refractivity contribution >= 4 is 52.1 Å². The van der Waals surface area contributed by atoms with E-state index >= 15 is 0 Å². The number of nitrogens with zero attached hydrogens (tertiary/aromatic N) is 1. The van der Waals surface area contributed by atoms with E-state index in [2.05, 4.69) is 22.6 Å². The summed E-state index contributed by atoms with van der Waals surface area (Å²) < 4.78 is 17.7. The Balaban J connectivity index is 2.27. The third-order valence-corrected chi connectivity index (χ3v) is 4.58. The van der Waals surface area contributed by atoms with Crippen molar-refractivity contribution in [1.29, 1.82) is 0 Å². The molecule has 0 spiro atoms. The van der Waals surface area contributed by atoms with E-state index in [1.165, 1.54) is 6.07 Å². The maximum Gasteiger partial charge on any atom is 0.424 e. The standard InChI is InChI=1S/C23H27ClINO5/c1-22(2,3)30-20(27)26(21(28)31-23(4,5)6)17-10-11-19(18(24)13-17)29-14-15-8-7-9-16(25)12-15/h7-13H,14H2,1-6H3. The lowest BCUT2D eigenvalue weighted by atomic mass is 10.2. The summed E-state index contributed by atoms with van der Waals surface area (Å²) in [7, 11) is 0. The number of carbonyl (C=O) groups is 2. The summed E-state index contributed by atoms with van der Waals surface area (Å²) in [6, 6.07) is 12.5. The molecule has 31 heavy (non-hydrogen) atoms. The molecule has 8 heteroatoms. The van der Waals surface area contributed by atoms with E-state index < -0.39 is 23.4 Å². The lowest BCUT2D eigenvalue weighted by Crippen LogP contribution is -2.43. The number of hydrogen-bond donors (Lipinski definition) is 0. The van der Waals surface area contributed by atoms with Gasteiger partial charge in [0.15, 0.2) is 0 Å². The van der Waals surface area contributed by atoms with Gasteiger partial charge in [0.2, 0.25) is 0 Å². The summed E-state index contributed by atoms with van der Waals surface area (Å²) in [5.41, 5.74) is -0.374. The number of anilines is 1. The Morgan fingerprint density at radius 2 is 1.52 bits per heavy atom. The van der Waals surface area contributed by atoms with Gasteiger partial charge in [-0.2, -0.15) is 4.90 Å². The molecule has 0 atom stereocenters. The van der Waals surface area contributed by atoms with Gasteiger partial charge in [-0.15, -0.1) is 0 Å². The van der Waals surface area contributed by atoms with Crippen molar-refractivity contribution in [1.82, 2.24) is 0 Å². The smallest absolute Gasteiger partial charge is 0.424 e. The predicted molar refractivity (Wildman–Crippen MR) is 130 cm³/mol. The Labute approximate surface area is 201 Å². The highest BCUT2D eigenvalue weighted by molar-refractivity contribution is 14.1. The van der Waals surface area contributed by atoms with Crippen molar-refractivity contribution in [2.45, 2.75) is 59.4 Å². The topological polar surface area (TPSA) is 65.1 Å². The van der Waals surface area contributed by atoms with Crippen molar-refractivity contribution in [2.24, 2.45) is 0 Å². The van der Waals surface area contributed by atoms with Gasteiger partial charge in [-0.3, -0.25) is 0 Å². The van der Waals surface area contributed by atoms with Gasteiger partial charge in [0.25, 0.3) is 0 Å². The van der Waals surface area contributed by atoms with Crippen LogP contribution in [-0.2, 0) is 16.1 Å². The molecule has 0 N–H and O–H groups in total. The Hall–Kier alpha value is -2.00. The Bertz CT molecular complexity index is 922. The number of hydrogen-bond acceptors (Lipinski definition) is 5. The van der Waals surface area contributed by atoms with Crippen molar-refractivity contribution in [3.8, 4) is 5.75 Å². The minimum Gasteiger partial charge on any atom is -0.487 e. The lowest BCUT2D eigenvalue weighted by Gasteiger charge is -2.28. The normalized spacial score (nSPS) is 11.6. The minimum absolute atomic E-state index is 0.218. The summed E-state index contributed by atoms with van der Waals surface area (Å²) in [4.78, 5) is 26.3. The average molecular weight is 560 g/mol. The molecule has 168 valence electrons. The van der Waals surface area contributed by atoms with E-state index in [4.69, 9.17) is 25.8 Å². The molecule has 0 bridgehead atoms. The second-order valence-corrected chi connectivity index (χ2v) is 10.5. The molecule has 2 aromatic rings. The molecular weight excluding hydrogens is 533 g/mol. The van der Waals surface area contributed by atoms with Crippen LogP contribution >= 0.6 is 34.2 Å². The quantitative estimate of drug-likeness (QED) is 0.371. The fourth-order valence-electron chi connectivity index (χ4n) is 2.43. The summed E-state index contributed by atoms with van der Waals surface area (Å²) >= 11 is 8.62. The first-order chi connectivity index (χ1) is 14.2. The predicted octanol–water partition coefficient (Wildman–Crippen LogP) is 7.20. The fourth-order valence-corrected chi connectivity index (χ4v) is 3.27. The van der Waals surface area contributed by atoms with Crippen molar-refractivity contribution in [3.63, 3.8) is 0 Å². The van der Waals surface area contributed by atoms with Crippen LogP contribution in [0.5, 0.6) is 5.75 Å². The van der Waals surface area contributed by atoms with E-state index in [0.29, 0.717) is 12.4 Å². The average Bonchev–Trinajstić information content (AvgIpc) is 2.58. The highest BCUT2D eigenvalue weighted by atomic mass is 127. The minimum atomic E-state index is -0.856. The summed E-state index contributed by atoms with van der Waals surface area (Å²) in [6.45, 7) is 10.6. The van der Waals surface area contributed by atoms with Gasteiger partial charge in [-0.1, -0.05) is 23.7 Å². The molecule has 2 aromatic carbocycles. The number of amides is 2. The molecule has 0 aliphatic rings. The van der Waals surface area contributed by atoms with Crippen LogP contribution < -0.4 is 9.64 Å². The highest BCUT2D eigenvalue weighted by Crippen LogP contribution is 2.32. The molecule has 0 fully saturated rings. The molecule has 2 amide bonds. The SMILES string of the molecule is CC(C)(C)OC(=O)N(C(=O)OC(C)(C)C)c1ccc(OCc2cccc(I)c2)c(Cl)c1. The van der Waals surface area contributed by atoms with Crippen LogP contribution in [0.1, 0.15) is 47.1 Å². The van der Waals surface area contributed by atoms with E-state index in [1.54, 1.807) is 53.7 Å². The maximum absolute atomic E-state index is 12.8. The van der Waals surface area contributed by atoms with Crippen LogP contribution in [0.2, 0.25) is 5.02 Å². The van der Waals surface area contributed by atoms with Gasteiger partial charge < -0.3 is 14.2 Å². The first-order valence-electron chi connectivity index (χ1n) is 9.68. The van der Waals surface area contributed by atoms with Gasteiger partial charge in [0.05, 0.1) is 10.7 Å². The zero-order valence-corrected chi connectivity index (χ0v) is 21.4. The summed E-state index contributed by atoms with van der Waals surface area (Å²) in [5, 5.41) is 0.250. The van der Waals surface area contributed by atoms with Gasteiger partial charge in [-0.05, 0) is 100 Å². The van der Waals surface area contributed by atoms with Crippen LogP contribution in [0.25, 0.3) is 0 Å². The number of carbonyl (C=O) groups excluding carboxylic acids is 2. The van der Waals surface area contributed by atoms with Crippen LogP contribution in [-0.4, -0.2) is 23.4 Å². The zero-order valence-electron chi connectivity index (χ0n) is 18.5. The van der Waals surface area contributed by atoms with Crippen LogP contribution in [0, 0.1) is 3.57 Å². The Morgan fingerprint density at radius 3 is 2.00 bits per heavy atom. The van der Waals surface area contributed by atoms with Gasteiger partial charge in [0, 0.05) is 3.57 Å². The van der Waals surface area contributed by atoms with E-state index in [9.17, 15) is 9.59 Å². The Kier molecular flexibility index (Phi) is 8.21. The Morgan fingerprint density at radius 1 is 0.935 bits per heavy atom. The van der Waals surface area contributed by atoms with Crippen LogP contribution in [0.4, 0.5) is 15.3 Å². The van der Waals surface area contributed by atoms with E-state index in [-0.39, 0.29) is 10.7 Å². The molecule has 0 heterocycles. The van der Waals surface area contributed by atoms with Crippen molar-refractivity contribution in [2.75, 3.05) is 4.90 Å².